The summed E-state index contributed by atoms with van der Waals surface area (Å²) in [6, 6.07) is 4.36. The van der Waals surface area contributed by atoms with Crippen LogP contribution < -0.4 is 11.1 Å². The smallest absolute Gasteiger partial charge is 0.0612 e. The lowest BCUT2D eigenvalue weighted by molar-refractivity contribution is 0.580. The number of hydrogen-bond acceptors (Lipinski definition) is 2. The largest absolute Gasteiger partial charge is 0.397 e. The summed E-state index contributed by atoms with van der Waals surface area (Å²) in [5.74, 6) is 0. The van der Waals surface area contributed by atoms with Gasteiger partial charge in [-0.2, -0.15) is 0 Å². The van der Waals surface area contributed by atoms with Gasteiger partial charge in [0.15, 0.2) is 0 Å². The summed E-state index contributed by atoms with van der Waals surface area (Å²) in [7, 11) is 1.94. The van der Waals surface area contributed by atoms with Gasteiger partial charge in [-0.05, 0) is 22.0 Å². The average Bonchev–Trinajstić information content (AvgIpc) is 2.13. The third-order valence-corrected chi connectivity index (χ3v) is 3.11. The first-order valence-electron chi connectivity index (χ1n) is 6.20. The van der Waals surface area contributed by atoms with Crippen LogP contribution in [0.1, 0.15) is 52.7 Å². The quantitative estimate of drug-likeness (QED) is 0.723. The molecule has 0 atom stereocenters. The van der Waals surface area contributed by atoms with Crippen LogP contribution in [-0.4, -0.2) is 7.05 Å². The Bertz CT molecular complexity index is 406. The predicted octanol–water partition coefficient (Wildman–Crippen LogP) is 3.91. The van der Waals surface area contributed by atoms with Crippen molar-refractivity contribution in [3.05, 3.63) is 23.3 Å². The van der Waals surface area contributed by atoms with Gasteiger partial charge >= 0.3 is 0 Å². The number of hydrogen-bond donors (Lipinski definition) is 2. The van der Waals surface area contributed by atoms with Crippen LogP contribution in [0.15, 0.2) is 12.1 Å². The topological polar surface area (TPSA) is 38.0 Å². The van der Waals surface area contributed by atoms with Crippen LogP contribution in [0.5, 0.6) is 0 Å². The summed E-state index contributed by atoms with van der Waals surface area (Å²) >= 11 is 0. The summed E-state index contributed by atoms with van der Waals surface area (Å²) in [5, 5.41) is 3.26. The highest BCUT2D eigenvalue weighted by Gasteiger charge is 2.24. The van der Waals surface area contributed by atoms with Gasteiger partial charge in [-0.1, -0.05) is 53.7 Å². The number of rotatable bonds is 1. The van der Waals surface area contributed by atoms with Crippen molar-refractivity contribution < 1.29 is 0 Å². The van der Waals surface area contributed by atoms with Crippen molar-refractivity contribution in [2.45, 2.75) is 52.4 Å². The second-order valence-electron chi connectivity index (χ2n) is 6.70. The molecule has 1 aromatic rings. The molecular weight excluding hydrogens is 208 g/mol. The molecule has 17 heavy (non-hydrogen) atoms. The number of anilines is 2. The number of benzene rings is 1. The van der Waals surface area contributed by atoms with Gasteiger partial charge in [-0.15, -0.1) is 0 Å². The molecule has 96 valence electrons. The van der Waals surface area contributed by atoms with E-state index in [0.717, 1.165) is 11.4 Å². The number of nitrogens with two attached hydrogens (primary N) is 1. The molecule has 0 radical (unpaired) electrons. The molecule has 0 heterocycles. The first kappa shape index (κ1) is 13.9. The van der Waals surface area contributed by atoms with Crippen molar-refractivity contribution in [2.75, 3.05) is 18.1 Å². The minimum Gasteiger partial charge on any atom is -0.397 e. The first-order valence-corrected chi connectivity index (χ1v) is 6.20. The van der Waals surface area contributed by atoms with E-state index in [1.165, 1.54) is 11.1 Å². The van der Waals surface area contributed by atoms with Gasteiger partial charge in [0.25, 0.3) is 0 Å². The highest BCUT2D eigenvalue weighted by molar-refractivity contribution is 5.75. The zero-order valence-electron chi connectivity index (χ0n) is 12.2. The summed E-state index contributed by atoms with van der Waals surface area (Å²) in [4.78, 5) is 0. The Kier molecular flexibility index (Phi) is 3.47. The van der Waals surface area contributed by atoms with Crippen LogP contribution in [0.2, 0.25) is 0 Å². The normalized spacial score (nSPS) is 12.6. The zero-order valence-corrected chi connectivity index (χ0v) is 12.2. The lowest BCUT2D eigenvalue weighted by Crippen LogP contribution is -2.19. The Labute approximate surface area is 106 Å². The molecule has 1 rings (SSSR count). The summed E-state index contributed by atoms with van der Waals surface area (Å²) in [6.45, 7) is 13.2. The molecule has 0 aliphatic carbocycles. The van der Waals surface area contributed by atoms with Crippen LogP contribution in [0, 0.1) is 0 Å². The Morgan fingerprint density at radius 2 is 1.29 bits per heavy atom. The monoisotopic (exact) mass is 234 g/mol. The van der Waals surface area contributed by atoms with Crippen LogP contribution in [0.3, 0.4) is 0 Å². The Morgan fingerprint density at radius 3 is 1.65 bits per heavy atom. The van der Waals surface area contributed by atoms with Crippen molar-refractivity contribution in [3.8, 4) is 0 Å². The SMILES string of the molecule is CNc1c(C(C)(C)C)ccc(C(C)(C)C)c1N. The molecule has 0 amide bonds. The average molecular weight is 234 g/mol. The zero-order chi connectivity index (χ0) is 13.4. The molecule has 0 saturated heterocycles. The lowest BCUT2D eigenvalue weighted by atomic mass is 9.80. The van der Waals surface area contributed by atoms with E-state index in [-0.39, 0.29) is 10.8 Å². The van der Waals surface area contributed by atoms with Gasteiger partial charge in [0.2, 0.25) is 0 Å². The van der Waals surface area contributed by atoms with Crippen molar-refractivity contribution in [3.63, 3.8) is 0 Å². The summed E-state index contributed by atoms with van der Waals surface area (Å²) in [6.07, 6.45) is 0. The second kappa shape index (κ2) is 4.25. The van der Waals surface area contributed by atoms with E-state index >= 15 is 0 Å². The van der Waals surface area contributed by atoms with Crippen LogP contribution >= 0.6 is 0 Å². The minimum absolute atomic E-state index is 0.0755. The minimum atomic E-state index is 0.0755. The second-order valence-corrected chi connectivity index (χ2v) is 6.70. The molecule has 0 aliphatic heterocycles. The standard InChI is InChI=1S/C15H26N2/c1-14(2,3)10-8-9-11(15(4,5)6)13(17-7)12(10)16/h8-9,17H,16H2,1-7H3. The van der Waals surface area contributed by atoms with Crippen LogP contribution in [-0.2, 0) is 10.8 Å². The van der Waals surface area contributed by atoms with Gasteiger partial charge in [0.1, 0.15) is 0 Å². The summed E-state index contributed by atoms with van der Waals surface area (Å²) in [5.41, 5.74) is 10.9. The van der Waals surface area contributed by atoms with E-state index in [0.29, 0.717) is 0 Å². The fourth-order valence-corrected chi connectivity index (χ4v) is 2.17. The third-order valence-electron chi connectivity index (χ3n) is 3.11. The van der Waals surface area contributed by atoms with Gasteiger partial charge in [0.05, 0.1) is 11.4 Å². The Hall–Kier alpha value is -1.18. The molecule has 0 saturated carbocycles. The fourth-order valence-electron chi connectivity index (χ4n) is 2.17. The fraction of sp³-hybridized carbons (Fsp3) is 0.600. The molecule has 2 nitrogen and oxygen atoms in total. The molecular formula is C15H26N2. The maximum Gasteiger partial charge on any atom is 0.0612 e. The summed E-state index contributed by atoms with van der Waals surface area (Å²) < 4.78 is 0. The van der Waals surface area contributed by atoms with E-state index < -0.39 is 0 Å². The number of nitrogen functional groups attached to an aromatic ring is 1. The molecule has 0 bridgehead atoms. The molecule has 0 spiro atoms. The molecule has 0 aromatic heterocycles. The van der Waals surface area contributed by atoms with Gasteiger partial charge in [0, 0.05) is 7.05 Å². The van der Waals surface area contributed by atoms with E-state index in [1.54, 1.807) is 0 Å². The maximum atomic E-state index is 6.31. The highest BCUT2D eigenvalue weighted by Crippen LogP contribution is 2.39. The van der Waals surface area contributed by atoms with E-state index in [2.05, 4.69) is 59.0 Å². The van der Waals surface area contributed by atoms with Crippen molar-refractivity contribution in [1.82, 2.24) is 0 Å². The van der Waals surface area contributed by atoms with Crippen LogP contribution in [0.25, 0.3) is 0 Å². The van der Waals surface area contributed by atoms with Gasteiger partial charge in [-0.3, -0.25) is 0 Å². The molecule has 0 fully saturated rings. The molecule has 0 aliphatic rings. The first-order chi connectivity index (χ1) is 7.59. The maximum absolute atomic E-state index is 6.31. The van der Waals surface area contributed by atoms with Crippen molar-refractivity contribution in [2.24, 2.45) is 0 Å². The molecule has 3 N–H and O–H groups in total. The molecule has 2 heteroatoms. The number of nitrogens with one attached hydrogen (secondary N) is 1. The van der Waals surface area contributed by atoms with E-state index in [1.807, 2.05) is 7.05 Å². The predicted molar refractivity (Wildman–Crippen MR) is 77.8 cm³/mol. The molecule has 1 aromatic carbocycles. The Morgan fingerprint density at radius 1 is 0.882 bits per heavy atom. The van der Waals surface area contributed by atoms with Gasteiger partial charge in [-0.25, -0.2) is 0 Å². The highest BCUT2D eigenvalue weighted by atomic mass is 14.9. The van der Waals surface area contributed by atoms with Crippen molar-refractivity contribution in [1.29, 1.82) is 0 Å². The van der Waals surface area contributed by atoms with Crippen LogP contribution in [0.4, 0.5) is 11.4 Å². The van der Waals surface area contributed by atoms with E-state index in [4.69, 9.17) is 5.73 Å². The van der Waals surface area contributed by atoms with E-state index in [9.17, 15) is 0 Å². The molecule has 0 unspecified atom stereocenters. The van der Waals surface area contributed by atoms with Crippen molar-refractivity contribution >= 4 is 11.4 Å². The van der Waals surface area contributed by atoms with Gasteiger partial charge < -0.3 is 11.1 Å². The lowest BCUT2D eigenvalue weighted by Gasteiger charge is -2.29. The Balaban J connectivity index is 3.49. The third kappa shape index (κ3) is 2.74.